The number of carboxylic acid groups (broad SMARTS) is 1. The van der Waals surface area contributed by atoms with E-state index in [1.165, 1.54) is 11.0 Å². The van der Waals surface area contributed by atoms with E-state index in [9.17, 15) is 18.0 Å². The maximum absolute atomic E-state index is 12.6. The van der Waals surface area contributed by atoms with Crippen LogP contribution < -0.4 is 0 Å². The van der Waals surface area contributed by atoms with Crippen molar-refractivity contribution in [2.24, 2.45) is 0 Å². The van der Waals surface area contributed by atoms with Gasteiger partial charge in [0, 0.05) is 30.2 Å². The van der Waals surface area contributed by atoms with Gasteiger partial charge in [0.2, 0.25) is 10.0 Å². The zero-order valence-electron chi connectivity index (χ0n) is 12.8. The maximum atomic E-state index is 12.6. The number of carboxylic acids is 1. The lowest BCUT2D eigenvalue weighted by Gasteiger charge is -2.40. The van der Waals surface area contributed by atoms with Crippen molar-refractivity contribution in [3.63, 3.8) is 0 Å². The highest BCUT2D eigenvalue weighted by atomic mass is 35.5. The molecule has 0 aromatic heterocycles. The minimum atomic E-state index is -3.72. The van der Waals surface area contributed by atoms with Crippen LogP contribution in [0.15, 0.2) is 24.3 Å². The summed E-state index contributed by atoms with van der Waals surface area (Å²) in [6.45, 7) is 0.352. The fourth-order valence-electron chi connectivity index (χ4n) is 3.08. The number of hydrogen-bond acceptors (Lipinski definition) is 4. The van der Waals surface area contributed by atoms with Crippen molar-refractivity contribution in [1.29, 1.82) is 0 Å². The molecular weight excluding hydrogens is 356 g/mol. The number of halogens is 1. The molecule has 1 aromatic rings. The molecule has 1 N–H and O–H groups in total. The first kappa shape index (κ1) is 17.2. The van der Waals surface area contributed by atoms with Gasteiger partial charge < -0.3 is 10.0 Å². The molecule has 0 spiro atoms. The fraction of sp³-hybridized carbons (Fsp3) is 0.467. The molecule has 0 saturated carbocycles. The van der Waals surface area contributed by atoms with Gasteiger partial charge in [-0.2, -0.15) is 4.31 Å². The van der Waals surface area contributed by atoms with Crippen molar-refractivity contribution in [3.05, 3.63) is 34.9 Å². The standard InChI is InChI=1S/C15H17ClN2O5S/c16-11-4-1-3-10(7-11)14(19)17-8-12(9-17)24(22,23)18-6-2-5-13(18)15(20)21/h1,3-4,7,12-13H,2,5-6,8-9H2,(H,20,21). The molecule has 2 heterocycles. The number of likely N-dealkylation sites (tertiary alicyclic amines) is 1. The number of hydrogen-bond donors (Lipinski definition) is 1. The van der Waals surface area contributed by atoms with Gasteiger partial charge in [0.15, 0.2) is 0 Å². The summed E-state index contributed by atoms with van der Waals surface area (Å²) in [5.74, 6) is -1.40. The molecule has 9 heteroatoms. The summed E-state index contributed by atoms with van der Waals surface area (Å²) >= 11 is 5.86. The highest BCUT2D eigenvalue weighted by Crippen LogP contribution is 2.28. The zero-order chi connectivity index (χ0) is 17.5. The second kappa shape index (κ2) is 6.34. The van der Waals surface area contributed by atoms with Crippen molar-refractivity contribution < 1.29 is 23.1 Å². The molecule has 0 aliphatic carbocycles. The molecule has 1 amide bonds. The molecule has 2 aliphatic heterocycles. The van der Waals surface area contributed by atoms with Gasteiger partial charge in [-0.05, 0) is 31.0 Å². The molecule has 3 rings (SSSR count). The van der Waals surface area contributed by atoms with E-state index in [4.69, 9.17) is 16.7 Å². The van der Waals surface area contributed by atoms with E-state index in [0.717, 1.165) is 4.31 Å². The number of aliphatic carboxylic acids is 1. The summed E-state index contributed by atoms with van der Waals surface area (Å²) in [7, 11) is -3.72. The topological polar surface area (TPSA) is 95.0 Å². The average Bonchev–Trinajstić information content (AvgIpc) is 2.95. The molecule has 1 aromatic carbocycles. The fourth-order valence-corrected chi connectivity index (χ4v) is 5.32. The van der Waals surface area contributed by atoms with Crippen LogP contribution in [0.2, 0.25) is 5.02 Å². The quantitative estimate of drug-likeness (QED) is 0.852. The van der Waals surface area contributed by atoms with Crippen LogP contribution in [-0.4, -0.2) is 65.5 Å². The van der Waals surface area contributed by atoms with Gasteiger partial charge in [0.05, 0.1) is 0 Å². The van der Waals surface area contributed by atoms with Crippen LogP contribution in [0.1, 0.15) is 23.2 Å². The van der Waals surface area contributed by atoms with Gasteiger partial charge in [-0.1, -0.05) is 17.7 Å². The summed E-state index contributed by atoms with van der Waals surface area (Å²) in [5, 5.41) is 8.84. The summed E-state index contributed by atoms with van der Waals surface area (Å²) in [5.41, 5.74) is 0.405. The second-order valence-electron chi connectivity index (χ2n) is 5.99. The number of rotatable bonds is 4. The van der Waals surface area contributed by atoms with Crippen LogP contribution in [-0.2, 0) is 14.8 Å². The number of carbonyl (C=O) groups is 2. The smallest absolute Gasteiger partial charge is 0.322 e. The Morgan fingerprint density at radius 1 is 1.25 bits per heavy atom. The van der Waals surface area contributed by atoms with E-state index >= 15 is 0 Å². The van der Waals surface area contributed by atoms with Crippen LogP contribution in [0.3, 0.4) is 0 Å². The minimum absolute atomic E-state index is 0.0660. The van der Waals surface area contributed by atoms with Crippen molar-refractivity contribution in [1.82, 2.24) is 9.21 Å². The molecule has 0 radical (unpaired) electrons. The monoisotopic (exact) mass is 372 g/mol. The Labute approximate surface area is 144 Å². The predicted octanol–water partition coefficient (Wildman–Crippen LogP) is 1.04. The van der Waals surface area contributed by atoms with E-state index in [0.29, 0.717) is 23.4 Å². The minimum Gasteiger partial charge on any atom is -0.480 e. The van der Waals surface area contributed by atoms with E-state index in [1.807, 2.05) is 0 Å². The van der Waals surface area contributed by atoms with Gasteiger partial charge in [-0.25, -0.2) is 8.42 Å². The molecular formula is C15H17ClN2O5S. The highest BCUT2D eigenvalue weighted by molar-refractivity contribution is 7.89. The van der Waals surface area contributed by atoms with E-state index in [1.54, 1.807) is 18.2 Å². The van der Waals surface area contributed by atoms with E-state index < -0.39 is 27.3 Å². The Balaban J connectivity index is 1.67. The van der Waals surface area contributed by atoms with Crippen molar-refractivity contribution in [2.75, 3.05) is 19.6 Å². The Kier molecular flexibility index (Phi) is 4.54. The molecule has 1 unspecified atom stereocenters. The van der Waals surface area contributed by atoms with Gasteiger partial charge in [0.25, 0.3) is 5.91 Å². The number of sulfonamides is 1. The molecule has 2 aliphatic rings. The Morgan fingerprint density at radius 3 is 2.58 bits per heavy atom. The number of nitrogens with zero attached hydrogens (tertiary/aromatic N) is 2. The molecule has 130 valence electrons. The first-order chi connectivity index (χ1) is 11.3. The molecule has 7 nitrogen and oxygen atoms in total. The summed E-state index contributed by atoms with van der Waals surface area (Å²) in [6, 6.07) is 5.48. The highest BCUT2D eigenvalue weighted by Gasteiger charge is 2.47. The van der Waals surface area contributed by atoms with Crippen molar-refractivity contribution >= 4 is 33.5 Å². The maximum Gasteiger partial charge on any atom is 0.322 e. The Morgan fingerprint density at radius 2 is 1.96 bits per heavy atom. The molecule has 0 bridgehead atoms. The molecule has 2 fully saturated rings. The summed E-state index contributed by atoms with van der Waals surface area (Å²) in [4.78, 5) is 24.9. The number of amides is 1. The summed E-state index contributed by atoms with van der Waals surface area (Å²) < 4.78 is 26.3. The lowest BCUT2D eigenvalue weighted by molar-refractivity contribution is -0.140. The van der Waals surface area contributed by atoms with Crippen LogP contribution in [0.5, 0.6) is 0 Å². The average molecular weight is 373 g/mol. The van der Waals surface area contributed by atoms with E-state index in [-0.39, 0.29) is 25.5 Å². The zero-order valence-corrected chi connectivity index (χ0v) is 14.3. The second-order valence-corrected chi connectivity index (χ2v) is 8.60. The van der Waals surface area contributed by atoms with Crippen LogP contribution in [0.4, 0.5) is 0 Å². The number of carbonyl (C=O) groups excluding carboxylic acids is 1. The third-order valence-corrected chi connectivity index (χ3v) is 6.91. The van der Waals surface area contributed by atoms with Crippen LogP contribution >= 0.6 is 11.6 Å². The normalized spacial score (nSPS) is 22.4. The molecule has 24 heavy (non-hydrogen) atoms. The lowest BCUT2D eigenvalue weighted by Crippen LogP contribution is -2.60. The van der Waals surface area contributed by atoms with Crippen LogP contribution in [0, 0.1) is 0 Å². The van der Waals surface area contributed by atoms with Crippen molar-refractivity contribution in [2.45, 2.75) is 24.1 Å². The van der Waals surface area contributed by atoms with Gasteiger partial charge in [-0.3, -0.25) is 9.59 Å². The Bertz CT molecular complexity index is 776. The largest absolute Gasteiger partial charge is 0.480 e. The van der Waals surface area contributed by atoms with Crippen molar-refractivity contribution in [3.8, 4) is 0 Å². The first-order valence-corrected chi connectivity index (χ1v) is 9.47. The third-order valence-electron chi connectivity index (χ3n) is 4.44. The molecule has 1 atom stereocenters. The SMILES string of the molecule is O=C(O)C1CCCN1S(=O)(=O)C1CN(C(=O)c2cccc(Cl)c2)C1. The predicted molar refractivity (Wildman–Crippen MR) is 87.4 cm³/mol. The first-order valence-electron chi connectivity index (χ1n) is 7.59. The Hall–Kier alpha value is -1.64. The summed E-state index contributed by atoms with van der Waals surface area (Å²) in [6.07, 6.45) is 0.862. The lowest BCUT2D eigenvalue weighted by atomic mass is 10.1. The van der Waals surface area contributed by atoms with Gasteiger partial charge >= 0.3 is 5.97 Å². The van der Waals surface area contributed by atoms with Gasteiger partial charge in [-0.15, -0.1) is 0 Å². The number of benzene rings is 1. The van der Waals surface area contributed by atoms with Gasteiger partial charge in [0.1, 0.15) is 11.3 Å². The van der Waals surface area contributed by atoms with Crippen LogP contribution in [0.25, 0.3) is 0 Å². The third kappa shape index (κ3) is 3.01. The molecule has 2 saturated heterocycles. The van der Waals surface area contributed by atoms with E-state index in [2.05, 4.69) is 0 Å².